The number of aliphatic hydroxyl groups is 2. The smallest absolute Gasteiger partial charge is 0.156 e. The molecule has 1 atom stereocenters. The Balaban J connectivity index is 2.60. The van der Waals surface area contributed by atoms with Gasteiger partial charge in [-0.25, -0.2) is 0 Å². The van der Waals surface area contributed by atoms with Gasteiger partial charge in [-0.2, -0.15) is 0 Å². The average Bonchev–Trinajstić information content (AvgIpc) is 2.19. The molecule has 0 fully saturated rings. The second-order valence-electron chi connectivity index (χ2n) is 2.45. The summed E-state index contributed by atoms with van der Waals surface area (Å²) in [6.07, 6.45) is 1.13. The molecule has 0 bridgehead atoms. The van der Waals surface area contributed by atoms with Crippen LogP contribution in [-0.2, 0) is 0 Å². The van der Waals surface area contributed by atoms with Gasteiger partial charge in [-0.15, -0.1) is 0 Å². The number of aliphatic hydroxyl groups excluding tert-OH is 2. The van der Waals surface area contributed by atoms with E-state index in [9.17, 15) is 5.11 Å². The summed E-state index contributed by atoms with van der Waals surface area (Å²) in [5.74, 6) is 5.23. The third-order valence-electron chi connectivity index (χ3n) is 1.44. The van der Waals surface area contributed by atoms with Crippen LogP contribution >= 0.6 is 0 Å². The van der Waals surface area contributed by atoms with Crippen molar-refractivity contribution in [2.24, 2.45) is 0 Å². The first-order valence-corrected chi connectivity index (χ1v) is 4.03. The van der Waals surface area contributed by atoms with E-state index in [1.165, 1.54) is 0 Å². The van der Waals surface area contributed by atoms with Crippen LogP contribution < -0.4 is 0 Å². The van der Waals surface area contributed by atoms with Crippen LogP contribution in [0.25, 0.3) is 0 Å². The predicted octanol–water partition coefficient (Wildman–Crippen LogP) is 0.501. The zero-order chi connectivity index (χ0) is 9.52. The summed E-state index contributed by atoms with van der Waals surface area (Å²) in [6.45, 7) is 0.0158. The predicted molar refractivity (Wildman–Crippen MR) is 48.7 cm³/mol. The van der Waals surface area contributed by atoms with Crippen molar-refractivity contribution < 1.29 is 10.2 Å². The van der Waals surface area contributed by atoms with Crippen LogP contribution in [0, 0.1) is 11.8 Å². The van der Waals surface area contributed by atoms with Crippen LogP contribution in [0.1, 0.15) is 18.2 Å². The van der Waals surface area contributed by atoms with E-state index in [-0.39, 0.29) is 6.61 Å². The van der Waals surface area contributed by atoms with E-state index in [0.717, 1.165) is 0 Å². The summed E-state index contributed by atoms with van der Waals surface area (Å²) in [4.78, 5) is 3.94. The lowest BCUT2D eigenvalue weighted by Crippen LogP contribution is -1.96. The molecule has 0 aliphatic rings. The van der Waals surface area contributed by atoms with Crippen molar-refractivity contribution >= 4 is 0 Å². The first-order chi connectivity index (χ1) is 6.34. The van der Waals surface area contributed by atoms with Gasteiger partial charge in [0.25, 0.3) is 0 Å². The molecule has 3 heteroatoms. The lowest BCUT2D eigenvalue weighted by Gasteiger charge is -2.00. The van der Waals surface area contributed by atoms with Crippen molar-refractivity contribution in [2.45, 2.75) is 12.5 Å². The third kappa shape index (κ3) is 3.24. The van der Waals surface area contributed by atoms with Gasteiger partial charge in [-0.1, -0.05) is 17.9 Å². The van der Waals surface area contributed by atoms with Gasteiger partial charge < -0.3 is 10.2 Å². The molecule has 0 saturated heterocycles. The Kier molecular flexibility index (Phi) is 3.97. The highest BCUT2D eigenvalue weighted by Crippen LogP contribution is 2.06. The summed E-state index contributed by atoms with van der Waals surface area (Å²) in [5.41, 5.74) is 0.535. The van der Waals surface area contributed by atoms with Crippen LogP contribution in [0.4, 0.5) is 0 Å². The fourth-order valence-electron chi connectivity index (χ4n) is 0.836. The highest BCUT2D eigenvalue weighted by Gasteiger charge is 2.01. The van der Waals surface area contributed by atoms with E-state index in [4.69, 9.17) is 5.11 Å². The van der Waals surface area contributed by atoms with Crippen LogP contribution in [0.5, 0.6) is 0 Å². The molecule has 0 saturated carbocycles. The maximum atomic E-state index is 9.43. The van der Waals surface area contributed by atoms with Gasteiger partial charge in [0.15, 0.2) is 6.10 Å². The maximum Gasteiger partial charge on any atom is 0.156 e. The minimum Gasteiger partial charge on any atom is -0.395 e. The first-order valence-electron chi connectivity index (χ1n) is 4.03. The Hall–Kier alpha value is -1.37. The van der Waals surface area contributed by atoms with E-state index < -0.39 is 6.10 Å². The molecule has 68 valence electrons. The molecule has 1 rings (SSSR count). The zero-order valence-corrected chi connectivity index (χ0v) is 7.14. The summed E-state index contributed by atoms with van der Waals surface area (Å²) in [7, 11) is 0. The molecular weight excluding hydrogens is 166 g/mol. The normalized spacial score (nSPS) is 11.5. The summed E-state index contributed by atoms with van der Waals surface area (Å²) >= 11 is 0. The van der Waals surface area contributed by atoms with Gasteiger partial charge in [0.1, 0.15) is 0 Å². The van der Waals surface area contributed by atoms with Crippen LogP contribution in [0.2, 0.25) is 0 Å². The van der Waals surface area contributed by atoms with Gasteiger partial charge in [-0.3, -0.25) is 4.98 Å². The summed E-state index contributed by atoms with van der Waals surface area (Å²) in [6, 6.07) is 5.27. The lowest BCUT2D eigenvalue weighted by molar-refractivity contribution is 0.233. The van der Waals surface area contributed by atoms with Crippen LogP contribution in [-0.4, -0.2) is 21.8 Å². The Labute approximate surface area is 77.1 Å². The van der Waals surface area contributed by atoms with Crippen molar-refractivity contribution in [1.82, 2.24) is 4.98 Å². The number of nitrogens with zero attached hydrogens (tertiary/aromatic N) is 1. The molecule has 1 aromatic rings. The Morgan fingerprint density at radius 1 is 1.46 bits per heavy atom. The lowest BCUT2D eigenvalue weighted by atomic mass is 10.2. The molecule has 0 aliphatic carbocycles. The topological polar surface area (TPSA) is 53.4 Å². The second-order valence-corrected chi connectivity index (χ2v) is 2.45. The molecule has 1 unspecified atom stereocenters. The highest BCUT2D eigenvalue weighted by atomic mass is 16.3. The monoisotopic (exact) mass is 177 g/mol. The van der Waals surface area contributed by atoms with Crippen molar-refractivity contribution in [2.75, 3.05) is 6.61 Å². The van der Waals surface area contributed by atoms with Crippen LogP contribution in [0.3, 0.4) is 0 Å². The average molecular weight is 177 g/mol. The van der Waals surface area contributed by atoms with Crippen molar-refractivity contribution in [1.29, 1.82) is 0 Å². The Morgan fingerprint density at radius 3 is 2.92 bits per heavy atom. The standard InChI is InChI=1S/C10H11NO2/c12-8-4-2-6-10(13)9-5-1-3-7-11-9/h1,3,5,7,10,12-13H,4,8H2. The minimum atomic E-state index is -0.854. The zero-order valence-electron chi connectivity index (χ0n) is 7.14. The largest absolute Gasteiger partial charge is 0.395 e. The summed E-state index contributed by atoms with van der Waals surface area (Å²) < 4.78 is 0. The molecule has 0 aromatic carbocycles. The molecular formula is C10H11NO2. The number of pyridine rings is 1. The summed E-state index contributed by atoms with van der Waals surface area (Å²) in [5, 5.41) is 17.9. The molecule has 13 heavy (non-hydrogen) atoms. The van der Waals surface area contributed by atoms with Crippen molar-refractivity contribution in [3.63, 3.8) is 0 Å². The molecule has 0 spiro atoms. The van der Waals surface area contributed by atoms with Gasteiger partial charge >= 0.3 is 0 Å². The van der Waals surface area contributed by atoms with E-state index in [0.29, 0.717) is 12.1 Å². The van der Waals surface area contributed by atoms with Crippen LogP contribution in [0.15, 0.2) is 24.4 Å². The quantitative estimate of drug-likeness (QED) is 0.647. The minimum absolute atomic E-state index is 0.0158. The van der Waals surface area contributed by atoms with Gasteiger partial charge in [0.2, 0.25) is 0 Å². The molecule has 0 aliphatic heterocycles. The van der Waals surface area contributed by atoms with Gasteiger partial charge in [0, 0.05) is 12.6 Å². The first kappa shape index (κ1) is 9.72. The number of aromatic nitrogens is 1. The number of hydrogen-bond acceptors (Lipinski definition) is 3. The second kappa shape index (κ2) is 5.31. The fraction of sp³-hybridized carbons (Fsp3) is 0.300. The van der Waals surface area contributed by atoms with E-state index in [1.807, 2.05) is 0 Å². The maximum absolute atomic E-state index is 9.43. The Bertz CT molecular complexity index is 300. The molecule has 2 N–H and O–H groups in total. The number of rotatable bonds is 2. The SMILES string of the molecule is OCCC#CC(O)c1ccccn1. The fourth-order valence-corrected chi connectivity index (χ4v) is 0.836. The molecule has 0 amide bonds. The van der Waals surface area contributed by atoms with Gasteiger partial charge in [0.05, 0.1) is 12.3 Å². The van der Waals surface area contributed by atoms with E-state index in [2.05, 4.69) is 16.8 Å². The third-order valence-corrected chi connectivity index (χ3v) is 1.44. The molecule has 3 nitrogen and oxygen atoms in total. The van der Waals surface area contributed by atoms with Crippen molar-refractivity contribution in [3.8, 4) is 11.8 Å². The van der Waals surface area contributed by atoms with Crippen molar-refractivity contribution in [3.05, 3.63) is 30.1 Å². The van der Waals surface area contributed by atoms with E-state index >= 15 is 0 Å². The van der Waals surface area contributed by atoms with E-state index in [1.54, 1.807) is 24.4 Å². The highest BCUT2D eigenvalue weighted by molar-refractivity contribution is 5.17. The number of hydrogen-bond donors (Lipinski definition) is 2. The molecule has 1 aromatic heterocycles. The molecule has 0 radical (unpaired) electrons. The Morgan fingerprint density at radius 2 is 2.31 bits per heavy atom. The van der Waals surface area contributed by atoms with Gasteiger partial charge in [-0.05, 0) is 12.1 Å². The molecule has 1 heterocycles.